The van der Waals surface area contributed by atoms with Crippen LogP contribution < -0.4 is 11.1 Å². The summed E-state index contributed by atoms with van der Waals surface area (Å²) in [5, 5.41) is 10.3. The first-order valence-electron chi connectivity index (χ1n) is 8.79. The van der Waals surface area contributed by atoms with E-state index in [-0.39, 0.29) is 0 Å². The molecule has 3 aromatic rings. The molecular formula is C19H21N7. The van der Waals surface area contributed by atoms with E-state index in [0.29, 0.717) is 24.2 Å². The van der Waals surface area contributed by atoms with Crippen LogP contribution in [0.4, 0.5) is 5.69 Å². The van der Waals surface area contributed by atoms with Crippen LogP contribution in [-0.4, -0.2) is 26.1 Å². The number of anilines is 1. The number of nitrogens with one attached hydrogen (secondary N) is 2. The highest BCUT2D eigenvalue weighted by atomic mass is 15.2. The van der Waals surface area contributed by atoms with Gasteiger partial charge in [0.15, 0.2) is 11.8 Å². The maximum Gasteiger partial charge on any atom is 0.193 e. The van der Waals surface area contributed by atoms with Crippen molar-refractivity contribution in [1.82, 2.24) is 20.2 Å². The summed E-state index contributed by atoms with van der Waals surface area (Å²) in [6, 6.07) is 10.1. The van der Waals surface area contributed by atoms with Crippen molar-refractivity contribution in [3.05, 3.63) is 59.7 Å². The lowest BCUT2D eigenvalue weighted by Crippen LogP contribution is -2.24. The summed E-state index contributed by atoms with van der Waals surface area (Å²) in [7, 11) is 0. The van der Waals surface area contributed by atoms with Gasteiger partial charge in [-0.15, -0.1) is 0 Å². The van der Waals surface area contributed by atoms with Crippen molar-refractivity contribution in [2.24, 2.45) is 10.7 Å². The Morgan fingerprint density at radius 3 is 2.88 bits per heavy atom. The molecule has 0 fully saturated rings. The Morgan fingerprint density at radius 1 is 1.15 bits per heavy atom. The predicted molar refractivity (Wildman–Crippen MR) is 102 cm³/mol. The van der Waals surface area contributed by atoms with Crippen molar-refractivity contribution in [2.45, 2.75) is 32.2 Å². The number of aromatic nitrogens is 4. The molecule has 0 aliphatic heterocycles. The van der Waals surface area contributed by atoms with Gasteiger partial charge in [0.2, 0.25) is 0 Å². The van der Waals surface area contributed by atoms with Crippen molar-refractivity contribution in [3.8, 4) is 11.4 Å². The van der Waals surface area contributed by atoms with Crippen molar-refractivity contribution in [2.75, 3.05) is 5.32 Å². The van der Waals surface area contributed by atoms with Crippen molar-refractivity contribution >= 4 is 11.6 Å². The van der Waals surface area contributed by atoms with Gasteiger partial charge in [-0.2, -0.15) is 5.10 Å². The molecule has 132 valence electrons. The van der Waals surface area contributed by atoms with E-state index in [1.54, 1.807) is 12.4 Å². The average Bonchev–Trinajstić information content (AvgIpc) is 3.17. The van der Waals surface area contributed by atoms with E-state index in [2.05, 4.69) is 48.7 Å². The molecule has 1 aromatic carbocycles. The highest BCUT2D eigenvalue weighted by Crippen LogP contribution is 2.27. The maximum atomic E-state index is 6.07. The molecule has 1 aliphatic rings. The molecule has 1 aliphatic carbocycles. The molecule has 0 unspecified atom stereocenters. The fourth-order valence-electron chi connectivity index (χ4n) is 3.23. The number of benzene rings is 1. The number of aliphatic imine (C=N–C) groups is 1. The normalized spacial score (nSPS) is 14.1. The number of fused-ring (bicyclic) bond motifs is 1. The van der Waals surface area contributed by atoms with Gasteiger partial charge in [-0.3, -0.25) is 10.1 Å². The van der Waals surface area contributed by atoms with E-state index in [0.717, 1.165) is 24.1 Å². The number of hydrogen-bond donors (Lipinski definition) is 3. The third-order valence-electron chi connectivity index (χ3n) is 4.53. The Hall–Kier alpha value is -3.22. The van der Waals surface area contributed by atoms with Crippen LogP contribution in [0.5, 0.6) is 0 Å². The predicted octanol–water partition coefficient (Wildman–Crippen LogP) is 2.67. The Bertz CT molecular complexity index is 915. The number of hydrogen-bond acceptors (Lipinski definition) is 4. The second-order valence-corrected chi connectivity index (χ2v) is 6.32. The Balaban J connectivity index is 1.44. The number of guanidine groups is 1. The number of H-pyrrole nitrogens is 1. The quantitative estimate of drug-likeness (QED) is 0.497. The molecule has 4 rings (SSSR count). The Morgan fingerprint density at radius 2 is 2.00 bits per heavy atom. The lowest BCUT2D eigenvalue weighted by Gasteiger charge is -2.19. The lowest BCUT2D eigenvalue weighted by molar-refractivity contribution is 0.687. The van der Waals surface area contributed by atoms with E-state index in [9.17, 15) is 0 Å². The van der Waals surface area contributed by atoms with Gasteiger partial charge >= 0.3 is 0 Å². The van der Waals surface area contributed by atoms with Gasteiger partial charge in [-0.05, 0) is 55.0 Å². The molecule has 0 atom stereocenters. The summed E-state index contributed by atoms with van der Waals surface area (Å²) in [6.07, 6.45) is 8.13. The zero-order valence-electron chi connectivity index (χ0n) is 14.4. The van der Waals surface area contributed by atoms with E-state index in [1.807, 2.05) is 12.1 Å². The smallest absolute Gasteiger partial charge is 0.193 e. The molecule has 26 heavy (non-hydrogen) atoms. The van der Waals surface area contributed by atoms with E-state index < -0.39 is 0 Å². The van der Waals surface area contributed by atoms with Crippen molar-refractivity contribution in [3.63, 3.8) is 0 Å². The van der Waals surface area contributed by atoms with Crippen LogP contribution >= 0.6 is 0 Å². The zero-order chi connectivity index (χ0) is 17.8. The van der Waals surface area contributed by atoms with Gasteiger partial charge < -0.3 is 11.1 Å². The highest BCUT2D eigenvalue weighted by molar-refractivity contribution is 5.93. The lowest BCUT2D eigenvalue weighted by atomic mass is 9.90. The number of nitrogens with two attached hydrogens (primary N) is 1. The van der Waals surface area contributed by atoms with Crippen LogP contribution in [0.15, 0.2) is 47.7 Å². The van der Waals surface area contributed by atoms with Crippen LogP contribution in [0, 0.1) is 0 Å². The largest absolute Gasteiger partial charge is 0.370 e. The fourth-order valence-corrected chi connectivity index (χ4v) is 3.23. The number of pyridine rings is 1. The first-order chi connectivity index (χ1) is 12.8. The third-order valence-corrected chi connectivity index (χ3v) is 4.53. The summed E-state index contributed by atoms with van der Waals surface area (Å²) < 4.78 is 0. The molecule has 7 nitrogen and oxygen atoms in total. The summed E-state index contributed by atoms with van der Waals surface area (Å²) >= 11 is 0. The molecule has 0 amide bonds. The van der Waals surface area contributed by atoms with E-state index in [1.165, 1.54) is 24.0 Å². The van der Waals surface area contributed by atoms with E-state index >= 15 is 0 Å². The summed E-state index contributed by atoms with van der Waals surface area (Å²) in [5.41, 5.74) is 10.8. The molecule has 2 heterocycles. The van der Waals surface area contributed by atoms with Gasteiger partial charge in [0.1, 0.15) is 12.4 Å². The summed E-state index contributed by atoms with van der Waals surface area (Å²) in [5.74, 6) is 1.67. The Labute approximate surface area is 151 Å². The third kappa shape index (κ3) is 3.56. The standard InChI is InChI=1S/C19H21N7/c20-19(23-16-7-3-5-13-4-1-2-6-15(13)16)22-12-17-24-18(26-25-17)14-8-10-21-11-9-14/h3,5,7-11H,1-2,4,6,12H2,(H3,20,22,23)(H,24,25,26). The molecular weight excluding hydrogens is 326 g/mol. The molecule has 0 bridgehead atoms. The van der Waals surface area contributed by atoms with Crippen LogP contribution in [0.25, 0.3) is 11.4 Å². The summed E-state index contributed by atoms with van der Waals surface area (Å²) in [4.78, 5) is 12.8. The second kappa shape index (κ2) is 7.35. The highest BCUT2D eigenvalue weighted by Gasteiger charge is 2.13. The topological polar surface area (TPSA) is 105 Å². The summed E-state index contributed by atoms with van der Waals surface area (Å²) in [6.45, 7) is 0.339. The average molecular weight is 347 g/mol. The van der Waals surface area contributed by atoms with Crippen LogP contribution in [-0.2, 0) is 19.4 Å². The SMILES string of the molecule is NC(=NCc1nc(-c2ccncc2)n[nH]1)Nc1cccc2c1CCCC2. The maximum absolute atomic E-state index is 6.07. The second-order valence-electron chi connectivity index (χ2n) is 6.32. The number of aryl methyl sites for hydroxylation is 1. The van der Waals surface area contributed by atoms with Gasteiger partial charge in [0, 0.05) is 23.6 Å². The molecule has 0 spiro atoms. The fraction of sp³-hybridized carbons (Fsp3) is 0.263. The molecule has 2 aromatic heterocycles. The van der Waals surface area contributed by atoms with Gasteiger partial charge in [0.05, 0.1) is 0 Å². The number of rotatable bonds is 4. The molecule has 0 saturated heterocycles. The first kappa shape index (κ1) is 16.3. The van der Waals surface area contributed by atoms with Gasteiger partial charge in [-0.1, -0.05) is 12.1 Å². The van der Waals surface area contributed by atoms with Crippen LogP contribution in [0.3, 0.4) is 0 Å². The Kier molecular flexibility index (Phi) is 4.59. The molecule has 0 radical (unpaired) electrons. The van der Waals surface area contributed by atoms with Crippen LogP contribution in [0.2, 0.25) is 0 Å². The van der Waals surface area contributed by atoms with Crippen molar-refractivity contribution in [1.29, 1.82) is 0 Å². The first-order valence-corrected chi connectivity index (χ1v) is 8.79. The van der Waals surface area contributed by atoms with Gasteiger partial charge in [0.25, 0.3) is 0 Å². The molecule has 0 saturated carbocycles. The zero-order valence-corrected chi connectivity index (χ0v) is 14.4. The molecule has 7 heteroatoms. The minimum absolute atomic E-state index is 0.339. The van der Waals surface area contributed by atoms with E-state index in [4.69, 9.17) is 5.73 Å². The monoisotopic (exact) mass is 347 g/mol. The minimum atomic E-state index is 0.339. The minimum Gasteiger partial charge on any atom is -0.370 e. The molecule has 4 N–H and O–H groups in total. The van der Waals surface area contributed by atoms with Crippen molar-refractivity contribution < 1.29 is 0 Å². The van der Waals surface area contributed by atoms with Crippen LogP contribution in [0.1, 0.15) is 29.8 Å². The van der Waals surface area contributed by atoms with Gasteiger partial charge in [-0.25, -0.2) is 9.98 Å². The number of nitrogens with zero attached hydrogens (tertiary/aromatic N) is 4. The number of aromatic amines is 1.